The fraction of sp³-hybridized carbons (Fsp3) is 0.412. The number of ether oxygens (including phenoxy) is 2. The topological polar surface area (TPSA) is 105 Å². The molecule has 1 aliphatic rings. The number of benzene rings is 1. The van der Waals surface area contributed by atoms with Crippen LogP contribution in [0, 0.1) is 0 Å². The lowest BCUT2D eigenvalue weighted by molar-refractivity contribution is -0.130. The van der Waals surface area contributed by atoms with E-state index in [1.807, 2.05) is 0 Å². The maximum Gasteiger partial charge on any atom is 0.340 e. The fourth-order valence-electron chi connectivity index (χ4n) is 2.47. The first-order valence-corrected chi connectivity index (χ1v) is 7.66. The average Bonchev–Trinajstić information content (AvgIpc) is 2.52. The van der Waals surface area contributed by atoms with Crippen LogP contribution >= 0.6 is 0 Å². The van der Waals surface area contributed by atoms with Gasteiger partial charge in [0, 0.05) is 5.57 Å². The van der Waals surface area contributed by atoms with Crippen molar-refractivity contribution < 1.29 is 19.1 Å². The zero-order valence-corrected chi connectivity index (χ0v) is 13.3. The Hall–Kier alpha value is -2.50. The second kappa shape index (κ2) is 7.17. The predicted molar refractivity (Wildman–Crippen MR) is 88.0 cm³/mol. The number of hydrogen-bond acceptors (Lipinski definition) is 6. The normalized spacial score (nSPS) is 15.0. The molecule has 1 fully saturated rings. The van der Waals surface area contributed by atoms with Gasteiger partial charge in [0.15, 0.2) is 5.75 Å². The highest BCUT2D eigenvalue weighted by molar-refractivity contribution is 6.00. The van der Waals surface area contributed by atoms with Crippen molar-refractivity contribution in [1.82, 2.24) is 0 Å². The van der Waals surface area contributed by atoms with Crippen molar-refractivity contribution in [3.8, 4) is 5.75 Å². The molecule has 6 nitrogen and oxygen atoms in total. The highest BCUT2D eigenvalue weighted by Gasteiger charge is 2.22. The molecule has 0 atom stereocenters. The monoisotopic (exact) mass is 318 g/mol. The van der Waals surface area contributed by atoms with Gasteiger partial charge in [-0.3, -0.25) is 0 Å². The number of carbonyl (C=O) groups is 2. The third-order valence-corrected chi connectivity index (χ3v) is 3.84. The van der Waals surface area contributed by atoms with Crippen LogP contribution in [0.25, 0.3) is 0 Å². The van der Waals surface area contributed by atoms with Crippen molar-refractivity contribution in [3.05, 3.63) is 29.8 Å². The third-order valence-electron chi connectivity index (χ3n) is 3.84. The number of hydrogen-bond donors (Lipinski definition) is 2. The Morgan fingerprint density at radius 1 is 1.13 bits per heavy atom. The minimum atomic E-state index is -0.603. The summed E-state index contributed by atoms with van der Waals surface area (Å²) < 4.78 is 10.6. The number of anilines is 2. The molecule has 0 bridgehead atoms. The minimum Gasteiger partial charge on any atom is -0.459 e. The van der Waals surface area contributed by atoms with Gasteiger partial charge in [-0.05, 0) is 44.7 Å². The number of nitrogens with two attached hydrogens (primary N) is 2. The van der Waals surface area contributed by atoms with Crippen LogP contribution in [0.1, 0.15) is 49.4 Å². The van der Waals surface area contributed by atoms with Crippen molar-refractivity contribution in [1.29, 1.82) is 0 Å². The van der Waals surface area contributed by atoms with Crippen LogP contribution in [-0.4, -0.2) is 18.0 Å². The lowest BCUT2D eigenvalue weighted by atomic mass is 9.98. The summed E-state index contributed by atoms with van der Waals surface area (Å²) in [6, 6.07) is 2.89. The molecule has 4 N–H and O–H groups in total. The molecule has 23 heavy (non-hydrogen) atoms. The molecule has 1 aromatic carbocycles. The Kier molecular flexibility index (Phi) is 5.26. The van der Waals surface area contributed by atoms with Crippen molar-refractivity contribution in [2.75, 3.05) is 11.5 Å². The lowest BCUT2D eigenvalue weighted by Gasteiger charge is -2.22. The van der Waals surface area contributed by atoms with Gasteiger partial charge in [0.25, 0.3) is 0 Å². The molecule has 6 heteroatoms. The summed E-state index contributed by atoms with van der Waals surface area (Å²) in [6.45, 7) is 5.02. The fourth-order valence-corrected chi connectivity index (χ4v) is 2.47. The molecule has 1 saturated carbocycles. The van der Waals surface area contributed by atoms with Crippen LogP contribution in [0.3, 0.4) is 0 Å². The Morgan fingerprint density at radius 3 is 2.39 bits per heavy atom. The van der Waals surface area contributed by atoms with Crippen LogP contribution in [0.4, 0.5) is 11.4 Å². The highest BCUT2D eigenvalue weighted by atomic mass is 16.5. The molecule has 124 valence electrons. The zero-order chi connectivity index (χ0) is 17.0. The standard InChI is InChI=1S/C17H22N2O4/c1-10(2)16(20)23-13-9-8-12(14(18)15(13)19)17(21)22-11-6-4-3-5-7-11/h8-9,11H,1,3-7,18-19H2,2H3. The number of nitrogen functional groups attached to an aromatic ring is 2. The van der Waals surface area contributed by atoms with Crippen molar-refractivity contribution in [3.63, 3.8) is 0 Å². The van der Waals surface area contributed by atoms with E-state index in [0.717, 1.165) is 25.7 Å². The van der Waals surface area contributed by atoms with E-state index in [-0.39, 0.29) is 34.4 Å². The van der Waals surface area contributed by atoms with Crippen LogP contribution in [0.5, 0.6) is 5.75 Å². The Morgan fingerprint density at radius 2 is 1.78 bits per heavy atom. The Balaban J connectivity index is 2.13. The molecule has 0 unspecified atom stereocenters. The smallest absolute Gasteiger partial charge is 0.340 e. The van der Waals surface area contributed by atoms with Gasteiger partial charge in [-0.1, -0.05) is 13.0 Å². The third kappa shape index (κ3) is 4.03. The molecule has 0 heterocycles. The van der Waals surface area contributed by atoms with E-state index in [4.69, 9.17) is 20.9 Å². The SMILES string of the molecule is C=C(C)C(=O)Oc1ccc(C(=O)OC2CCCCC2)c(N)c1N. The first kappa shape index (κ1) is 16.9. The Bertz CT molecular complexity index is 634. The lowest BCUT2D eigenvalue weighted by Crippen LogP contribution is -2.22. The van der Waals surface area contributed by atoms with E-state index < -0.39 is 11.9 Å². The molecule has 1 aromatic rings. The summed E-state index contributed by atoms with van der Waals surface area (Å²) in [5, 5.41) is 0. The molecule has 0 saturated heterocycles. The van der Waals surface area contributed by atoms with E-state index in [1.54, 1.807) is 0 Å². The molecule has 2 rings (SSSR count). The van der Waals surface area contributed by atoms with Crippen LogP contribution < -0.4 is 16.2 Å². The van der Waals surface area contributed by atoms with Gasteiger partial charge < -0.3 is 20.9 Å². The van der Waals surface area contributed by atoms with Gasteiger partial charge in [0.1, 0.15) is 6.10 Å². The second-order valence-electron chi connectivity index (χ2n) is 5.77. The minimum absolute atomic E-state index is 0.0395. The number of carbonyl (C=O) groups excluding carboxylic acids is 2. The summed E-state index contributed by atoms with van der Waals surface area (Å²) in [5.74, 6) is -1.00. The van der Waals surface area contributed by atoms with E-state index in [2.05, 4.69) is 6.58 Å². The average molecular weight is 318 g/mol. The van der Waals surface area contributed by atoms with Gasteiger partial charge in [-0.15, -0.1) is 0 Å². The van der Waals surface area contributed by atoms with Crippen LogP contribution in [0.2, 0.25) is 0 Å². The summed E-state index contributed by atoms with van der Waals surface area (Å²) in [4.78, 5) is 23.8. The van der Waals surface area contributed by atoms with E-state index in [0.29, 0.717) is 0 Å². The molecule has 0 aromatic heterocycles. The van der Waals surface area contributed by atoms with E-state index in [1.165, 1.54) is 25.5 Å². The molecule has 0 spiro atoms. The van der Waals surface area contributed by atoms with Crippen molar-refractivity contribution >= 4 is 23.3 Å². The summed E-state index contributed by atoms with van der Waals surface area (Å²) in [6.07, 6.45) is 4.96. The maximum atomic E-state index is 12.2. The molecular weight excluding hydrogens is 296 g/mol. The van der Waals surface area contributed by atoms with Gasteiger partial charge in [0.05, 0.1) is 16.9 Å². The zero-order valence-electron chi connectivity index (χ0n) is 13.3. The molecule has 0 amide bonds. The molecule has 1 aliphatic carbocycles. The van der Waals surface area contributed by atoms with Gasteiger partial charge in [-0.25, -0.2) is 9.59 Å². The first-order chi connectivity index (χ1) is 10.9. The molecule has 0 aliphatic heterocycles. The molecular formula is C17H22N2O4. The van der Waals surface area contributed by atoms with Gasteiger partial charge in [0.2, 0.25) is 0 Å². The van der Waals surface area contributed by atoms with E-state index >= 15 is 0 Å². The predicted octanol–water partition coefficient (Wildman–Crippen LogP) is 2.82. The number of esters is 2. The van der Waals surface area contributed by atoms with Crippen LogP contribution in [0.15, 0.2) is 24.3 Å². The Labute approximate surface area is 135 Å². The quantitative estimate of drug-likeness (QED) is 0.383. The first-order valence-electron chi connectivity index (χ1n) is 7.66. The summed E-state index contributed by atoms with van der Waals surface area (Å²) >= 11 is 0. The maximum absolute atomic E-state index is 12.2. The molecule has 0 radical (unpaired) electrons. The van der Waals surface area contributed by atoms with Crippen molar-refractivity contribution in [2.45, 2.75) is 45.1 Å². The largest absolute Gasteiger partial charge is 0.459 e. The van der Waals surface area contributed by atoms with Crippen LogP contribution in [-0.2, 0) is 9.53 Å². The van der Waals surface area contributed by atoms with Gasteiger partial charge >= 0.3 is 11.9 Å². The number of rotatable bonds is 4. The second-order valence-corrected chi connectivity index (χ2v) is 5.77. The highest BCUT2D eigenvalue weighted by Crippen LogP contribution is 2.32. The summed E-state index contributed by atoms with van der Waals surface area (Å²) in [7, 11) is 0. The van der Waals surface area contributed by atoms with Gasteiger partial charge in [-0.2, -0.15) is 0 Å². The van der Waals surface area contributed by atoms with E-state index in [9.17, 15) is 9.59 Å². The van der Waals surface area contributed by atoms with Crippen molar-refractivity contribution in [2.24, 2.45) is 0 Å². The summed E-state index contributed by atoms with van der Waals surface area (Å²) in [5.41, 5.74) is 12.3.